The fourth-order valence-corrected chi connectivity index (χ4v) is 4.15. The van der Waals surface area contributed by atoms with Crippen LogP contribution >= 0.6 is 0 Å². The second kappa shape index (κ2) is 10.1. The molecule has 1 amide bonds. The van der Waals surface area contributed by atoms with E-state index >= 15 is 0 Å². The Kier molecular flexibility index (Phi) is 6.83. The number of para-hydroxylation sites is 2. The number of carbonyl (C=O) groups excluding carboxylic acids is 1. The molecule has 0 saturated carbocycles. The predicted octanol–water partition coefficient (Wildman–Crippen LogP) is 5.15. The van der Waals surface area contributed by atoms with Gasteiger partial charge in [-0.1, -0.05) is 36.4 Å². The Labute approximate surface area is 193 Å². The molecule has 0 aliphatic carbocycles. The first-order chi connectivity index (χ1) is 16.2. The van der Waals surface area contributed by atoms with Crippen molar-refractivity contribution in [2.45, 2.75) is 12.8 Å². The van der Waals surface area contributed by atoms with Gasteiger partial charge in [0.15, 0.2) is 11.5 Å². The summed E-state index contributed by atoms with van der Waals surface area (Å²) in [6.45, 7) is 2.84. The lowest BCUT2D eigenvalue weighted by molar-refractivity contribution is 0.0952. The lowest BCUT2D eigenvalue weighted by Crippen LogP contribution is -2.29. The van der Waals surface area contributed by atoms with Crippen molar-refractivity contribution in [3.05, 3.63) is 89.6 Å². The Hall–Kier alpha value is -3.93. The van der Waals surface area contributed by atoms with Crippen molar-refractivity contribution in [1.82, 2.24) is 10.3 Å². The van der Waals surface area contributed by atoms with Crippen LogP contribution in [0.5, 0.6) is 17.2 Å². The second-order valence-electron chi connectivity index (χ2n) is 7.60. The fraction of sp³-hybridized carbons (Fsp3) is 0.222. The molecule has 1 heterocycles. The van der Waals surface area contributed by atoms with E-state index in [1.54, 1.807) is 26.4 Å². The van der Waals surface area contributed by atoms with E-state index < -0.39 is 0 Å². The van der Waals surface area contributed by atoms with E-state index in [0.29, 0.717) is 36.0 Å². The lowest BCUT2D eigenvalue weighted by atomic mass is 9.89. The molecule has 6 nitrogen and oxygen atoms in total. The Morgan fingerprint density at radius 1 is 0.970 bits per heavy atom. The Balaban J connectivity index is 1.70. The second-order valence-corrected chi connectivity index (χ2v) is 7.60. The van der Waals surface area contributed by atoms with E-state index in [2.05, 4.69) is 16.4 Å². The minimum Gasteiger partial charge on any atom is -0.494 e. The third-order valence-corrected chi connectivity index (χ3v) is 5.68. The fourth-order valence-electron chi connectivity index (χ4n) is 4.15. The number of rotatable bonds is 9. The van der Waals surface area contributed by atoms with Crippen LogP contribution in [-0.2, 0) is 0 Å². The largest absolute Gasteiger partial charge is 0.494 e. The summed E-state index contributed by atoms with van der Waals surface area (Å²) >= 11 is 0. The van der Waals surface area contributed by atoms with Gasteiger partial charge >= 0.3 is 0 Å². The number of H-pyrrole nitrogens is 1. The van der Waals surface area contributed by atoms with Gasteiger partial charge in [-0.05, 0) is 42.8 Å². The first-order valence-corrected chi connectivity index (χ1v) is 10.9. The SMILES string of the molecule is CCOc1cccc(C(=O)NCC(c2cccc(OC)c2OC)c2c[nH]c3ccccc23)c1. The van der Waals surface area contributed by atoms with Crippen molar-refractivity contribution in [2.24, 2.45) is 0 Å². The molecule has 1 unspecified atom stereocenters. The lowest BCUT2D eigenvalue weighted by Gasteiger charge is -2.22. The zero-order valence-electron chi connectivity index (χ0n) is 19.1. The number of benzene rings is 3. The van der Waals surface area contributed by atoms with Gasteiger partial charge in [-0.15, -0.1) is 0 Å². The molecule has 4 aromatic rings. The van der Waals surface area contributed by atoms with Crippen LogP contribution in [0.25, 0.3) is 10.9 Å². The van der Waals surface area contributed by atoms with Gasteiger partial charge in [-0.25, -0.2) is 0 Å². The molecule has 3 aromatic carbocycles. The summed E-state index contributed by atoms with van der Waals surface area (Å²) < 4.78 is 16.8. The van der Waals surface area contributed by atoms with E-state index in [0.717, 1.165) is 22.0 Å². The van der Waals surface area contributed by atoms with Crippen molar-refractivity contribution in [2.75, 3.05) is 27.4 Å². The number of fused-ring (bicyclic) bond motifs is 1. The molecular formula is C27H28N2O4. The maximum Gasteiger partial charge on any atom is 0.251 e. The molecule has 170 valence electrons. The van der Waals surface area contributed by atoms with E-state index in [4.69, 9.17) is 14.2 Å². The molecule has 1 atom stereocenters. The topological polar surface area (TPSA) is 72.6 Å². The highest BCUT2D eigenvalue weighted by Gasteiger charge is 2.24. The smallest absolute Gasteiger partial charge is 0.251 e. The molecule has 0 saturated heterocycles. The third kappa shape index (κ3) is 4.65. The van der Waals surface area contributed by atoms with Gasteiger partial charge in [0.05, 0.1) is 20.8 Å². The van der Waals surface area contributed by atoms with Gasteiger partial charge in [-0.2, -0.15) is 0 Å². The summed E-state index contributed by atoms with van der Waals surface area (Å²) in [4.78, 5) is 16.4. The number of hydrogen-bond donors (Lipinski definition) is 2. The summed E-state index contributed by atoms with van der Waals surface area (Å²) in [6, 6.07) is 21.1. The van der Waals surface area contributed by atoms with Crippen molar-refractivity contribution >= 4 is 16.8 Å². The maximum absolute atomic E-state index is 13.0. The molecular weight excluding hydrogens is 416 g/mol. The summed E-state index contributed by atoms with van der Waals surface area (Å²) in [7, 11) is 3.25. The standard InChI is InChI=1S/C27H28N2O4/c1-4-33-19-10-7-9-18(15-19)27(30)29-17-23(21-12-8-14-25(31-2)26(21)32-3)22-16-28-24-13-6-5-11-20(22)24/h5-16,23,28H,4,17H2,1-3H3,(H,29,30). The van der Waals surface area contributed by atoms with Crippen LogP contribution < -0.4 is 19.5 Å². The minimum absolute atomic E-state index is 0.162. The quantitative estimate of drug-likeness (QED) is 0.375. The van der Waals surface area contributed by atoms with E-state index in [1.165, 1.54) is 0 Å². The molecule has 0 spiro atoms. The minimum atomic E-state index is -0.164. The van der Waals surface area contributed by atoms with Crippen LogP contribution in [0.15, 0.2) is 72.9 Å². The molecule has 6 heteroatoms. The van der Waals surface area contributed by atoms with Gasteiger partial charge in [0, 0.05) is 40.7 Å². The molecule has 0 aliphatic heterocycles. The first-order valence-electron chi connectivity index (χ1n) is 10.9. The number of carbonyl (C=O) groups is 1. The normalized spacial score (nSPS) is 11.7. The molecule has 0 aliphatic rings. The zero-order valence-corrected chi connectivity index (χ0v) is 19.1. The van der Waals surface area contributed by atoms with Gasteiger partial charge in [-0.3, -0.25) is 4.79 Å². The average molecular weight is 445 g/mol. The van der Waals surface area contributed by atoms with Gasteiger partial charge in [0.25, 0.3) is 5.91 Å². The average Bonchev–Trinajstić information content (AvgIpc) is 3.28. The molecule has 4 rings (SSSR count). The van der Waals surface area contributed by atoms with Crippen LogP contribution in [0.2, 0.25) is 0 Å². The summed E-state index contributed by atoms with van der Waals surface area (Å²) in [5, 5.41) is 4.20. The predicted molar refractivity (Wildman–Crippen MR) is 130 cm³/mol. The Morgan fingerprint density at radius 2 is 1.79 bits per heavy atom. The van der Waals surface area contributed by atoms with Gasteiger partial charge in [0.1, 0.15) is 5.75 Å². The van der Waals surface area contributed by atoms with Crippen LogP contribution in [0.3, 0.4) is 0 Å². The van der Waals surface area contributed by atoms with Crippen molar-refractivity contribution in [3.8, 4) is 17.2 Å². The highest BCUT2D eigenvalue weighted by atomic mass is 16.5. The summed E-state index contributed by atoms with van der Waals surface area (Å²) in [5.41, 5.74) is 3.59. The molecule has 33 heavy (non-hydrogen) atoms. The molecule has 2 N–H and O–H groups in total. The molecule has 0 fully saturated rings. The summed E-state index contributed by atoms with van der Waals surface area (Å²) in [6.07, 6.45) is 2.00. The van der Waals surface area contributed by atoms with Crippen molar-refractivity contribution in [1.29, 1.82) is 0 Å². The molecule has 1 aromatic heterocycles. The van der Waals surface area contributed by atoms with Crippen molar-refractivity contribution in [3.63, 3.8) is 0 Å². The number of aromatic nitrogens is 1. The van der Waals surface area contributed by atoms with E-state index in [-0.39, 0.29) is 11.8 Å². The monoisotopic (exact) mass is 444 g/mol. The molecule has 0 bridgehead atoms. The number of ether oxygens (including phenoxy) is 3. The van der Waals surface area contributed by atoms with Crippen LogP contribution in [0, 0.1) is 0 Å². The van der Waals surface area contributed by atoms with Crippen LogP contribution in [0.1, 0.15) is 34.3 Å². The zero-order chi connectivity index (χ0) is 23.2. The van der Waals surface area contributed by atoms with Gasteiger partial charge in [0.2, 0.25) is 0 Å². The first kappa shape index (κ1) is 22.3. The Bertz CT molecular complexity index is 1250. The molecule has 0 radical (unpaired) electrons. The number of hydrogen-bond acceptors (Lipinski definition) is 4. The highest BCUT2D eigenvalue weighted by Crippen LogP contribution is 2.40. The number of amides is 1. The third-order valence-electron chi connectivity index (χ3n) is 5.68. The maximum atomic E-state index is 13.0. The van der Waals surface area contributed by atoms with E-state index in [9.17, 15) is 4.79 Å². The van der Waals surface area contributed by atoms with Crippen LogP contribution in [-0.4, -0.2) is 38.3 Å². The van der Waals surface area contributed by atoms with Crippen molar-refractivity contribution < 1.29 is 19.0 Å². The highest BCUT2D eigenvalue weighted by molar-refractivity contribution is 5.94. The number of methoxy groups -OCH3 is 2. The Morgan fingerprint density at radius 3 is 2.58 bits per heavy atom. The van der Waals surface area contributed by atoms with E-state index in [1.807, 2.05) is 61.7 Å². The van der Waals surface area contributed by atoms with Gasteiger partial charge < -0.3 is 24.5 Å². The van der Waals surface area contributed by atoms with Crippen LogP contribution in [0.4, 0.5) is 0 Å². The number of aromatic amines is 1. The summed E-state index contributed by atoms with van der Waals surface area (Å²) in [5.74, 6) is 1.65. The number of nitrogens with one attached hydrogen (secondary N) is 2.